The molecule has 1 aliphatic rings. The SMILES string of the molecule is CC(CCOCCC(C)n1cc(-c2nn(C3CCCCO3)c3ccc(O[Si](C)(C)C(C)(C)C)cc23)cn1)CS(=O)(=O)O. The molecule has 0 radical (unpaired) electrons. The molecule has 1 fully saturated rings. The molecule has 1 saturated heterocycles. The van der Waals surface area contributed by atoms with Crippen LogP contribution in [-0.2, 0) is 19.6 Å². The summed E-state index contributed by atoms with van der Waals surface area (Å²) < 4.78 is 53.6. The Kier molecular flexibility index (Phi) is 10.2. The number of rotatable bonds is 13. The summed E-state index contributed by atoms with van der Waals surface area (Å²) in [6.45, 7) is 16.8. The Morgan fingerprint density at radius 2 is 1.90 bits per heavy atom. The van der Waals surface area contributed by atoms with Gasteiger partial charge in [-0.2, -0.15) is 18.6 Å². The summed E-state index contributed by atoms with van der Waals surface area (Å²) >= 11 is 0. The monoisotopic (exact) mass is 620 g/mol. The minimum Gasteiger partial charge on any atom is -0.543 e. The highest BCUT2D eigenvalue weighted by atomic mass is 32.2. The number of aromatic nitrogens is 4. The van der Waals surface area contributed by atoms with Gasteiger partial charge in [-0.1, -0.05) is 27.7 Å². The van der Waals surface area contributed by atoms with Gasteiger partial charge in [0, 0.05) is 37.0 Å². The van der Waals surface area contributed by atoms with Gasteiger partial charge in [-0.25, -0.2) is 4.68 Å². The van der Waals surface area contributed by atoms with Gasteiger partial charge in [0.05, 0.1) is 23.5 Å². The number of fused-ring (bicyclic) bond motifs is 1. The molecule has 12 heteroatoms. The summed E-state index contributed by atoms with van der Waals surface area (Å²) in [7, 11) is -5.98. The van der Waals surface area contributed by atoms with Crippen molar-refractivity contribution in [2.24, 2.45) is 5.92 Å². The van der Waals surface area contributed by atoms with Crippen LogP contribution in [0.5, 0.6) is 5.75 Å². The zero-order valence-electron chi connectivity index (χ0n) is 26.2. The van der Waals surface area contributed by atoms with Crippen molar-refractivity contribution in [3.8, 4) is 17.0 Å². The van der Waals surface area contributed by atoms with E-state index >= 15 is 0 Å². The average Bonchev–Trinajstić information content (AvgIpc) is 3.52. The second-order valence-electron chi connectivity index (χ2n) is 13.3. The lowest BCUT2D eigenvalue weighted by Crippen LogP contribution is -2.43. The van der Waals surface area contributed by atoms with Gasteiger partial charge in [0.2, 0.25) is 8.32 Å². The van der Waals surface area contributed by atoms with E-state index in [-0.39, 0.29) is 29.0 Å². The van der Waals surface area contributed by atoms with Gasteiger partial charge in [-0.3, -0.25) is 9.23 Å². The average molecular weight is 621 g/mol. The van der Waals surface area contributed by atoms with Crippen molar-refractivity contribution in [3.63, 3.8) is 0 Å². The van der Waals surface area contributed by atoms with Crippen molar-refractivity contribution in [1.82, 2.24) is 19.6 Å². The highest BCUT2D eigenvalue weighted by Gasteiger charge is 2.39. The lowest BCUT2D eigenvalue weighted by atomic mass is 10.1. The zero-order valence-corrected chi connectivity index (χ0v) is 28.0. The summed E-state index contributed by atoms with van der Waals surface area (Å²) in [5.74, 6) is 0.458. The van der Waals surface area contributed by atoms with E-state index in [1.54, 1.807) is 6.92 Å². The summed E-state index contributed by atoms with van der Waals surface area (Å²) in [5, 5.41) is 10.9. The maximum Gasteiger partial charge on any atom is 0.265 e. The van der Waals surface area contributed by atoms with E-state index in [2.05, 4.69) is 64.1 Å². The van der Waals surface area contributed by atoms with E-state index in [4.69, 9.17) is 23.6 Å². The Labute approximate surface area is 251 Å². The number of ether oxygens (including phenoxy) is 2. The molecule has 0 spiro atoms. The first-order chi connectivity index (χ1) is 19.6. The molecule has 3 atom stereocenters. The van der Waals surface area contributed by atoms with Gasteiger partial charge in [0.1, 0.15) is 11.4 Å². The number of hydrogen-bond acceptors (Lipinski definition) is 7. The van der Waals surface area contributed by atoms with Crippen LogP contribution in [-0.4, -0.2) is 66.4 Å². The molecule has 0 bridgehead atoms. The van der Waals surface area contributed by atoms with Gasteiger partial charge < -0.3 is 13.9 Å². The van der Waals surface area contributed by atoms with Gasteiger partial charge in [0.25, 0.3) is 10.1 Å². The predicted molar refractivity (Wildman–Crippen MR) is 168 cm³/mol. The summed E-state index contributed by atoms with van der Waals surface area (Å²) in [6, 6.07) is 6.38. The third-order valence-corrected chi connectivity index (χ3v) is 13.9. The molecule has 234 valence electrons. The lowest BCUT2D eigenvalue weighted by molar-refractivity contribution is -0.0365. The third kappa shape index (κ3) is 8.22. The molecule has 1 aromatic carbocycles. The number of nitrogens with zero attached hydrogens (tertiary/aromatic N) is 4. The molecule has 2 aromatic heterocycles. The highest BCUT2D eigenvalue weighted by molar-refractivity contribution is 7.85. The molecule has 3 unspecified atom stereocenters. The van der Waals surface area contributed by atoms with Crippen LogP contribution in [0.15, 0.2) is 30.6 Å². The van der Waals surface area contributed by atoms with E-state index in [9.17, 15) is 8.42 Å². The molecule has 4 rings (SSSR count). The molecule has 0 saturated carbocycles. The van der Waals surface area contributed by atoms with Crippen molar-refractivity contribution in [1.29, 1.82) is 0 Å². The van der Waals surface area contributed by atoms with E-state index in [1.165, 1.54) is 0 Å². The fraction of sp³-hybridized carbons (Fsp3) is 0.667. The Morgan fingerprint density at radius 1 is 1.17 bits per heavy atom. The first-order valence-corrected chi connectivity index (χ1v) is 19.6. The smallest absolute Gasteiger partial charge is 0.265 e. The van der Waals surface area contributed by atoms with Crippen LogP contribution in [0, 0.1) is 5.92 Å². The number of hydrogen-bond donors (Lipinski definition) is 1. The van der Waals surface area contributed by atoms with Gasteiger partial charge in [-0.15, -0.1) is 0 Å². The Bertz CT molecular complexity index is 1440. The molecule has 3 aromatic rings. The van der Waals surface area contributed by atoms with E-state index in [1.807, 2.05) is 21.8 Å². The molecule has 1 N–H and O–H groups in total. The minimum atomic E-state index is -3.96. The van der Waals surface area contributed by atoms with Crippen molar-refractivity contribution in [2.45, 2.75) is 97.1 Å². The second-order valence-corrected chi connectivity index (χ2v) is 19.5. The molecule has 10 nitrogen and oxygen atoms in total. The fourth-order valence-corrected chi connectivity index (χ4v) is 6.81. The van der Waals surface area contributed by atoms with Crippen LogP contribution in [0.2, 0.25) is 18.1 Å². The third-order valence-electron chi connectivity index (χ3n) is 8.54. The van der Waals surface area contributed by atoms with Crippen LogP contribution < -0.4 is 4.43 Å². The molecule has 42 heavy (non-hydrogen) atoms. The van der Waals surface area contributed by atoms with Crippen molar-refractivity contribution < 1.29 is 26.9 Å². The standard InChI is InChI=1S/C30H48N4O6SSi/c1-22(21-41(35,36)37)13-16-38-17-14-23(2)33-20-24(19-31-33)29-26-18-25(40-42(6,7)30(3,4)5)11-12-27(26)34(32-29)28-10-8-9-15-39-28/h11-12,18-20,22-23,28H,8-10,13-17,21H2,1-7H3,(H,35,36,37). The lowest BCUT2D eigenvalue weighted by Gasteiger charge is -2.36. The first-order valence-electron chi connectivity index (χ1n) is 15.0. The number of benzene rings is 1. The van der Waals surface area contributed by atoms with E-state index in [0.29, 0.717) is 19.6 Å². The summed E-state index contributed by atoms with van der Waals surface area (Å²) in [6.07, 6.45) is 8.26. The first kappa shape index (κ1) is 32.7. The van der Waals surface area contributed by atoms with Crippen molar-refractivity contribution in [3.05, 3.63) is 30.6 Å². The van der Waals surface area contributed by atoms with Gasteiger partial charge in [-0.05, 0) is 81.3 Å². The van der Waals surface area contributed by atoms with Crippen LogP contribution in [0.3, 0.4) is 0 Å². The molecule has 1 aliphatic heterocycles. The molecule has 0 aliphatic carbocycles. The van der Waals surface area contributed by atoms with E-state index in [0.717, 1.165) is 60.2 Å². The maximum atomic E-state index is 11.0. The van der Waals surface area contributed by atoms with Crippen LogP contribution in [0.4, 0.5) is 0 Å². The van der Waals surface area contributed by atoms with Gasteiger partial charge in [0.15, 0.2) is 6.23 Å². The Balaban J connectivity index is 1.51. The summed E-state index contributed by atoms with van der Waals surface area (Å²) in [5.41, 5.74) is 2.82. The molecular weight excluding hydrogens is 573 g/mol. The van der Waals surface area contributed by atoms with Crippen LogP contribution in [0.1, 0.15) is 79.0 Å². The predicted octanol–water partition coefficient (Wildman–Crippen LogP) is 6.86. The molecular formula is C30H48N4O6SSi. The van der Waals surface area contributed by atoms with E-state index < -0.39 is 18.4 Å². The van der Waals surface area contributed by atoms with Crippen molar-refractivity contribution >= 4 is 29.3 Å². The Morgan fingerprint density at radius 3 is 2.57 bits per heavy atom. The quantitative estimate of drug-likeness (QED) is 0.125. The Hall–Kier alpha value is -2.25. The molecule has 0 amide bonds. The van der Waals surface area contributed by atoms with Crippen LogP contribution >= 0.6 is 0 Å². The van der Waals surface area contributed by atoms with Gasteiger partial charge >= 0.3 is 0 Å². The highest BCUT2D eigenvalue weighted by Crippen LogP contribution is 2.40. The molecule has 3 heterocycles. The normalized spacial score (nSPS) is 18.3. The zero-order chi connectivity index (χ0) is 30.7. The maximum absolute atomic E-state index is 11.0. The van der Waals surface area contributed by atoms with Crippen molar-refractivity contribution in [2.75, 3.05) is 25.6 Å². The fourth-order valence-electron chi connectivity index (χ4n) is 4.90. The van der Waals surface area contributed by atoms with Crippen LogP contribution in [0.25, 0.3) is 22.2 Å². The summed E-state index contributed by atoms with van der Waals surface area (Å²) in [4.78, 5) is 0. The topological polar surface area (TPSA) is 118 Å². The second kappa shape index (κ2) is 13.2. The minimum absolute atomic E-state index is 0.0875. The largest absolute Gasteiger partial charge is 0.543 e.